The Morgan fingerprint density at radius 3 is 1.80 bits per heavy atom. The third kappa shape index (κ3) is 4.67. The molecule has 2 nitrogen and oxygen atoms in total. The molecule has 0 heterocycles. The van der Waals surface area contributed by atoms with Crippen LogP contribution < -0.4 is 0 Å². The van der Waals surface area contributed by atoms with Crippen molar-refractivity contribution in [2.75, 3.05) is 0 Å². The van der Waals surface area contributed by atoms with Gasteiger partial charge in [0.1, 0.15) is 0 Å². The predicted octanol–water partition coefficient (Wildman–Crippen LogP) is 3.81. The van der Waals surface area contributed by atoms with Crippen molar-refractivity contribution in [3.63, 3.8) is 0 Å². The normalized spacial score (nSPS) is 19.3. The number of aliphatic carboxylic acids is 1. The van der Waals surface area contributed by atoms with E-state index in [0.29, 0.717) is 11.8 Å². The first-order valence-corrected chi connectivity index (χ1v) is 6.16. The van der Waals surface area contributed by atoms with Gasteiger partial charge in [-0.2, -0.15) is 0 Å². The highest BCUT2D eigenvalue weighted by atomic mass is 16.4. The van der Waals surface area contributed by atoms with E-state index in [1.807, 2.05) is 6.92 Å². The molecule has 0 rings (SSSR count). The second-order valence-electron chi connectivity index (χ2n) is 4.93. The maximum atomic E-state index is 11.1. The van der Waals surface area contributed by atoms with Gasteiger partial charge in [-0.3, -0.25) is 4.79 Å². The van der Waals surface area contributed by atoms with Crippen molar-refractivity contribution in [1.82, 2.24) is 0 Å². The lowest BCUT2D eigenvalue weighted by molar-refractivity contribution is -0.144. The van der Waals surface area contributed by atoms with Crippen molar-refractivity contribution in [2.24, 2.45) is 23.7 Å². The molecule has 0 spiro atoms. The fraction of sp³-hybridized carbons (Fsp3) is 0.923. The summed E-state index contributed by atoms with van der Waals surface area (Å²) >= 11 is 0. The Balaban J connectivity index is 4.35. The van der Waals surface area contributed by atoms with E-state index < -0.39 is 5.97 Å². The Kier molecular flexibility index (Phi) is 6.62. The third-order valence-corrected chi connectivity index (χ3v) is 3.89. The van der Waals surface area contributed by atoms with E-state index in [2.05, 4.69) is 27.7 Å². The van der Waals surface area contributed by atoms with Gasteiger partial charge in [-0.15, -0.1) is 0 Å². The summed E-state index contributed by atoms with van der Waals surface area (Å²) < 4.78 is 0. The molecule has 1 N–H and O–H groups in total. The Morgan fingerprint density at radius 2 is 1.47 bits per heavy atom. The van der Waals surface area contributed by atoms with Crippen LogP contribution in [0.1, 0.15) is 53.9 Å². The molecule has 4 atom stereocenters. The first kappa shape index (κ1) is 14.5. The largest absolute Gasteiger partial charge is 0.481 e. The molecule has 0 fully saturated rings. The van der Waals surface area contributed by atoms with Crippen LogP contribution in [0.25, 0.3) is 0 Å². The van der Waals surface area contributed by atoms with Crippen LogP contribution in [0, 0.1) is 23.7 Å². The van der Waals surface area contributed by atoms with E-state index >= 15 is 0 Å². The van der Waals surface area contributed by atoms with Gasteiger partial charge in [0, 0.05) is 0 Å². The smallest absolute Gasteiger partial charge is 0.306 e. The first-order valence-electron chi connectivity index (χ1n) is 6.16. The molecule has 0 bridgehead atoms. The summed E-state index contributed by atoms with van der Waals surface area (Å²) in [7, 11) is 0. The fourth-order valence-electron chi connectivity index (χ4n) is 1.90. The number of hydrogen-bond donors (Lipinski definition) is 1. The van der Waals surface area contributed by atoms with Gasteiger partial charge < -0.3 is 5.11 Å². The third-order valence-electron chi connectivity index (χ3n) is 3.89. The summed E-state index contributed by atoms with van der Waals surface area (Å²) in [5, 5.41) is 9.18. The van der Waals surface area contributed by atoms with Crippen LogP contribution in [0.3, 0.4) is 0 Å². The van der Waals surface area contributed by atoms with E-state index in [1.54, 1.807) is 0 Å². The maximum absolute atomic E-state index is 11.1. The van der Waals surface area contributed by atoms with E-state index in [-0.39, 0.29) is 11.8 Å². The van der Waals surface area contributed by atoms with E-state index in [9.17, 15) is 9.90 Å². The molecule has 0 amide bonds. The molecule has 0 saturated carbocycles. The Bertz CT molecular complexity index is 189. The van der Waals surface area contributed by atoms with Crippen LogP contribution in [0.15, 0.2) is 0 Å². The minimum Gasteiger partial charge on any atom is -0.481 e. The molecule has 0 aromatic rings. The van der Waals surface area contributed by atoms with E-state index in [1.165, 1.54) is 0 Å². The highest BCUT2D eigenvalue weighted by Crippen LogP contribution is 2.28. The van der Waals surface area contributed by atoms with Crippen LogP contribution in [-0.4, -0.2) is 11.1 Å². The molecule has 0 saturated heterocycles. The van der Waals surface area contributed by atoms with Gasteiger partial charge in [0.2, 0.25) is 0 Å². The van der Waals surface area contributed by atoms with Crippen molar-refractivity contribution in [3.05, 3.63) is 0 Å². The summed E-state index contributed by atoms with van der Waals surface area (Å²) in [6.45, 7) is 10.7. The highest BCUT2D eigenvalue weighted by Gasteiger charge is 2.26. The van der Waals surface area contributed by atoms with Gasteiger partial charge in [0.15, 0.2) is 0 Å². The van der Waals surface area contributed by atoms with Gasteiger partial charge in [-0.25, -0.2) is 0 Å². The van der Waals surface area contributed by atoms with Gasteiger partial charge >= 0.3 is 5.97 Å². The van der Waals surface area contributed by atoms with Crippen molar-refractivity contribution in [3.8, 4) is 0 Å². The number of hydrogen-bond acceptors (Lipinski definition) is 1. The summed E-state index contributed by atoms with van der Waals surface area (Å²) in [6.07, 6.45) is 2.90. The maximum Gasteiger partial charge on any atom is 0.306 e. The van der Waals surface area contributed by atoms with Gasteiger partial charge in [0.25, 0.3) is 0 Å². The van der Waals surface area contributed by atoms with Crippen LogP contribution >= 0.6 is 0 Å². The molecule has 2 heteroatoms. The minimum atomic E-state index is -0.625. The number of carbonyl (C=O) groups is 1. The van der Waals surface area contributed by atoms with Gasteiger partial charge in [0.05, 0.1) is 5.92 Å². The summed E-state index contributed by atoms with van der Waals surface area (Å²) in [4.78, 5) is 11.1. The molecule has 0 aliphatic rings. The monoisotopic (exact) mass is 214 g/mol. The van der Waals surface area contributed by atoms with Crippen molar-refractivity contribution < 1.29 is 9.90 Å². The van der Waals surface area contributed by atoms with Crippen LogP contribution in [0.4, 0.5) is 0 Å². The van der Waals surface area contributed by atoms with Crippen molar-refractivity contribution >= 4 is 5.97 Å². The molecule has 0 aliphatic carbocycles. The van der Waals surface area contributed by atoms with Crippen LogP contribution in [0.5, 0.6) is 0 Å². The number of rotatable bonds is 7. The van der Waals surface area contributed by atoms with Crippen molar-refractivity contribution in [2.45, 2.75) is 53.9 Å². The second-order valence-corrected chi connectivity index (χ2v) is 4.93. The molecular weight excluding hydrogens is 188 g/mol. The summed E-state index contributed by atoms with van der Waals surface area (Å²) in [5.41, 5.74) is 0. The Labute approximate surface area is 94.1 Å². The lowest BCUT2D eigenvalue weighted by Gasteiger charge is -2.25. The minimum absolute atomic E-state index is 0.168. The van der Waals surface area contributed by atoms with Gasteiger partial charge in [-0.1, -0.05) is 47.5 Å². The molecule has 0 aromatic heterocycles. The summed E-state index contributed by atoms with van der Waals surface area (Å²) in [5.74, 6) is 0.619. The zero-order valence-electron chi connectivity index (χ0n) is 10.8. The zero-order valence-corrected chi connectivity index (χ0v) is 10.8. The molecule has 90 valence electrons. The topological polar surface area (TPSA) is 37.3 Å². The average Bonchev–Trinajstić information content (AvgIpc) is 2.22. The van der Waals surface area contributed by atoms with Crippen LogP contribution in [0.2, 0.25) is 0 Å². The second kappa shape index (κ2) is 6.86. The standard InChI is InChI=1S/C13H26O2/c1-6-9(3)11(5)8-12(13(14)15)10(4)7-2/h9-12H,6-8H2,1-5H3,(H,14,15). The Morgan fingerprint density at radius 1 is 1.00 bits per heavy atom. The number of carboxylic acids is 1. The van der Waals surface area contributed by atoms with Gasteiger partial charge in [-0.05, 0) is 24.2 Å². The molecular formula is C13H26O2. The highest BCUT2D eigenvalue weighted by molar-refractivity contribution is 5.70. The molecule has 0 aliphatic heterocycles. The SMILES string of the molecule is CCC(C)C(C)CC(C(=O)O)C(C)CC. The Hall–Kier alpha value is -0.530. The van der Waals surface area contributed by atoms with Crippen LogP contribution in [-0.2, 0) is 4.79 Å². The summed E-state index contributed by atoms with van der Waals surface area (Å²) in [6, 6.07) is 0. The molecule has 4 unspecified atom stereocenters. The lowest BCUT2D eigenvalue weighted by Crippen LogP contribution is -2.25. The molecule has 0 aromatic carbocycles. The quantitative estimate of drug-likeness (QED) is 0.699. The molecule has 15 heavy (non-hydrogen) atoms. The predicted molar refractivity (Wildman–Crippen MR) is 63.8 cm³/mol. The fourth-order valence-corrected chi connectivity index (χ4v) is 1.90. The van der Waals surface area contributed by atoms with E-state index in [0.717, 1.165) is 19.3 Å². The van der Waals surface area contributed by atoms with E-state index in [4.69, 9.17) is 0 Å². The number of carboxylic acid groups (broad SMARTS) is 1. The lowest BCUT2D eigenvalue weighted by atomic mass is 9.80. The zero-order chi connectivity index (χ0) is 12.0. The molecule has 0 radical (unpaired) electrons. The average molecular weight is 214 g/mol. The van der Waals surface area contributed by atoms with Crippen molar-refractivity contribution in [1.29, 1.82) is 0 Å². The first-order chi connectivity index (χ1) is 6.93.